The zero-order chi connectivity index (χ0) is 23.4. The van der Waals surface area contributed by atoms with Crippen molar-refractivity contribution < 1.29 is 14.5 Å². The summed E-state index contributed by atoms with van der Waals surface area (Å²) in [5.41, 5.74) is 3.65. The lowest BCUT2D eigenvalue weighted by molar-refractivity contribution is -0.384. The number of aromatic amines is 1. The molecule has 1 saturated heterocycles. The van der Waals surface area contributed by atoms with Gasteiger partial charge in [0.2, 0.25) is 11.8 Å². The minimum Gasteiger partial charge on any atom is -0.356 e. The van der Waals surface area contributed by atoms with E-state index in [1.165, 1.54) is 18.6 Å². The van der Waals surface area contributed by atoms with E-state index in [2.05, 4.69) is 4.98 Å². The van der Waals surface area contributed by atoms with Crippen molar-refractivity contribution in [2.75, 3.05) is 6.54 Å². The lowest BCUT2D eigenvalue weighted by atomic mass is 9.85. The van der Waals surface area contributed by atoms with Gasteiger partial charge >= 0.3 is 0 Å². The molecule has 2 atom stereocenters. The second kappa shape index (κ2) is 7.97. The Kier molecular flexibility index (Phi) is 4.90. The number of non-ortho nitro benzene ring substituents is 1. The fraction of sp³-hybridized carbons (Fsp3) is 0.385. The molecule has 174 valence electrons. The summed E-state index contributed by atoms with van der Waals surface area (Å²) in [4.78, 5) is 45.3. The molecule has 6 rings (SSSR count). The van der Waals surface area contributed by atoms with Gasteiger partial charge in [0.1, 0.15) is 12.6 Å². The molecule has 0 radical (unpaired) electrons. The van der Waals surface area contributed by atoms with Crippen molar-refractivity contribution in [2.24, 2.45) is 0 Å². The first-order valence-electron chi connectivity index (χ1n) is 12.0. The summed E-state index contributed by atoms with van der Waals surface area (Å²) in [6, 6.07) is 13.4. The van der Waals surface area contributed by atoms with Crippen LogP contribution in [-0.2, 0) is 16.0 Å². The Labute approximate surface area is 196 Å². The summed E-state index contributed by atoms with van der Waals surface area (Å²) in [6.45, 7) is 0.0963. The Morgan fingerprint density at radius 1 is 0.971 bits per heavy atom. The number of piperazine rings is 1. The van der Waals surface area contributed by atoms with Gasteiger partial charge in [0.15, 0.2) is 0 Å². The number of hydrogen-bond donors (Lipinski definition) is 1. The number of fused-ring (bicyclic) bond motifs is 4. The predicted molar refractivity (Wildman–Crippen MR) is 126 cm³/mol. The second-order valence-corrected chi connectivity index (χ2v) is 9.59. The van der Waals surface area contributed by atoms with Gasteiger partial charge in [0.25, 0.3) is 5.69 Å². The predicted octanol–water partition coefficient (Wildman–Crippen LogP) is 4.09. The minimum atomic E-state index is -0.574. The number of aromatic nitrogens is 1. The van der Waals surface area contributed by atoms with Crippen molar-refractivity contribution in [3.63, 3.8) is 0 Å². The molecule has 1 aromatic heterocycles. The number of benzene rings is 2. The quantitative estimate of drug-likeness (QED) is 0.472. The average Bonchev–Trinajstić information content (AvgIpc) is 3.24. The van der Waals surface area contributed by atoms with E-state index in [9.17, 15) is 19.7 Å². The van der Waals surface area contributed by atoms with Gasteiger partial charge in [-0.05, 0) is 42.2 Å². The molecule has 1 aliphatic carbocycles. The van der Waals surface area contributed by atoms with Crippen molar-refractivity contribution in [1.82, 2.24) is 14.8 Å². The maximum Gasteiger partial charge on any atom is 0.269 e. The Morgan fingerprint density at radius 3 is 2.44 bits per heavy atom. The van der Waals surface area contributed by atoms with Gasteiger partial charge in [-0.25, -0.2) is 0 Å². The second-order valence-electron chi connectivity index (χ2n) is 9.59. The summed E-state index contributed by atoms with van der Waals surface area (Å²) in [5, 5.41) is 12.3. The number of amides is 2. The van der Waals surface area contributed by atoms with Crippen molar-refractivity contribution >= 4 is 28.4 Å². The maximum absolute atomic E-state index is 13.8. The standard InChI is InChI=1S/C26H26N4O4/c31-23-15-28(17-6-2-1-3-7-17)26(32)22-14-20-19-8-4-5-9-21(19)27-24(20)25(29(22)23)16-10-12-18(13-11-16)30(33)34/h4-5,8-13,17,22,25,27H,1-3,6-7,14-15H2/t22-,25+/m0/s1. The molecule has 2 aromatic carbocycles. The summed E-state index contributed by atoms with van der Waals surface area (Å²) >= 11 is 0. The highest BCUT2D eigenvalue weighted by Crippen LogP contribution is 2.43. The highest BCUT2D eigenvalue weighted by molar-refractivity contribution is 5.97. The van der Waals surface area contributed by atoms with Crippen molar-refractivity contribution in [3.05, 3.63) is 75.5 Å². The topological polar surface area (TPSA) is 99.5 Å². The first kappa shape index (κ1) is 20.9. The molecule has 3 aromatic rings. The number of nitro benzene ring substituents is 1. The first-order valence-corrected chi connectivity index (χ1v) is 12.0. The first-order chi connectivity index (χ1) is 16.5. The van der Waals surface area contributed by atoms with Crippen LogP contribution in [0.1, 0.15) is 55.0 Å². The molecule has 34 heavy (non-hydrogen) atoms. The Bertz CT molecular complexity index is 1290. The molecule has 0 bridgehead atoms. The van der Waals surface area contributed by atoms with Gasteiger partial charge in [0.05, 0.1) is 11.0 Å². The molecule has 0 spiro atoms. The molecule has 8 nitrogen and oxygen atoms in total. The maximum atomic E-state index is 13.8. The van der Waals surface area contributed by atoms with E-state index < -0.39 is 17.0 Å². The number of carbonyl (C=O) groups excluding carboxylic acids is 2. The molecule has 2 fully saturated rings. The number of para-hydroxylation sites is 1. The smallest absolute Gasteiger partial charge is 0.269 e. The van der Waals surface area contributed by atoms with Crippen LogP contribution in [0.25, 0.3) is 10.9 Å². The van der Waals surface area contributed by atoms with Crippen LogP contribution in [0, 0.1) is 10.1 Å². The molecular formula is C26H26N4O4. The Hall–Kier alpha value is -3.68. The molecule has 3 heterocycles. The van der Waals surface area contributed by atoms with Gasteiger partial charge < -0.3 is 14.8 Å². The lowest BCUT2D eigenvalue weighted by Crippen LogP contribution is -2.65. The van der Waals surface area contributed by atoms with E-state index in [1.54, 1.807) is 17.0 Å². The minimum absolute atomic E-state index is 0.00231. The average molecular weight is 459 g/mol. The normalized spacial score (nSPS) is 23.2. The van der Waals surface area contributed by atoms with Crippen LogP contribution in [0.2, 0.25) is 0 Å². The highest BCUT2D eigenvalue weighted by Gasteiger charge is 2.49. The lowest BCUT2D eigenvalue weighted by Gasteiger charge is -2.49. The molecule has 0 unspecified atom stereocenters. The van der Waals surface area contributed by atoms with E-state index in [-0.39, 0.29) is 30.1 Å². The van der Waals surface area contributed by atoms with E-state index in [4.69, 9.17) is 0 Å². The summed E-state index contributed by atoms with van der Waals surface area (Å²) < 4.78 is 0. The number of rotatable bonds is 3. The van der Waals surface area contributed by atoms with Gasteiger partial charge in [0, 0.05) is 41.2 Å². The number of nitro groups is 1. The van der Waals surface area contributed by atoms with Crippen molar-refractivity contribution in [1.29, 1.82) is 0 Å². The van der Waals surface area contributed by atoms with Gasteiger partial charge in [-0.3, -0.25) is 19.7 Å². The third-order valence-electron chi connectivity index (χ3n) is 7.73. The zero-order valence-corrected chi connectivity index (χ0v) is 18.8. The fourth-order valence-electron chi connectivity index (χ4n) is 6.11. The van der Waals surface area contributed by atoms with E-state index >= 15 is 0 Å². The third kappa shape index (κ3) is 3.20. The van der Waals surface area contributed by atoms with E-state index in [0.29, 0.717) is 6.42 Å². The summed E-state index contributed by atoms with van der Waals surface area (Å²) in [6.07, 6.45) is 5.75. The monoisotopic (exact) mass is 458 g/mol. The molecule has 1 saturated carbocycles. The van der Waals surface area contributed by atoms with E-state index in [0.717, 1.165) is 53.4 Å². The fourth-order valence-corrected chi connectivity index (χ4v) is 6.11. The van der Waals surface area contributed by atoms with Crippen LogP contribution in [0.15, 0.2) is 48.5 Å². The number of H-pyrrole nitrogens is 1. The zero-order valence-electron chi connectivity index (χ0n) is 18.8. The summed E-state index contributed by atoms with van der Waals surface area (Å²) in [5.74, 6) is -0.0443. The molecular weight excluding hydrogens is 432 g/mol. The molecule has 2 amide bonds. The van der Waals surface area contributed by atoms with Crippen molar-refractivity contribution in [2.45, 2.75) is 56.7 Å². The van der Waals surface area contributed by atoms with Crippen LogP contribution in [0.5, 0.6) is 0 Å². The SMILES string of the molecule is O=C1[C@@H]2Cc3c([nH]c4ccccc34)[C@@H](c3ccc([N+](=O)[O-])cc3)N2C(=O)CN1C1CCCCC1. The molecule has 1 N–H and O–H groups in total. The van der Waals surface area contributed by atoms with Crippen LogP contribution in [0.3, 0.4) is 0 Å². The van der Waals surface area contributed by atoms with Crippen LogP contribution < -0.4 is 0 Å². The van der Waals surface area contributed by atoms with Crippen LogP contribution >= 0.6 is 0 Å². The molecule has 3 aliphatic rings. The van der Waals surface area contributed by atoms with Gasteiger partial charge in [-0.15, -0.1) is 0 Å². The Balaban J connectivity index is 1.47. The number of nitrogens with zero attached hydrogens (tertiary/aromatic N) is 3. The van der Waals surface area contributed by atoms with Gasteiger partial charge in [-0.1, -0.05) is 37.5 Å². The third-order valence-corrected chi connectivity index (χ3v) is 7.73. The number of carbonyl (C=O) groups is 2. The van der Waals surface area contributed by atoms with E-state index in [1.807, 2.05) is 29.2 Å². The molecule has 2 aliphatic heterocycles. The molecule has 8 heteroatoms. The van der Waals surface area contributed by atoms with Crippen LogP contribution in [-0.4, -0.2) is 50.1 Å². The Morgan fingerprint density at radius 2 is 1.71 bits per heavy atom. The number of hydrogen-bond acceptors (Lipinski definition) is 4. The number of nitrogens with one attached hydrogen (secondary N) is 1. The van der Waals surface area contributed by atoms with Gasteiger partial charge in [-0.2, -0.15) is 0 Å². The summed E-state index contributed by atoms with van der Waals surface area (Å²) in [7, 11) is 0. The van der Waals surface area contributed by atoms with Crippen molar-refractivity contribution in [3.8, 4) is 0 Å². The highest BCUT2D eigenvalue weighted by atomic mass is 16.6. The van der Waals surface area contributed by atoms with Crippen LogP contribution in [0.4, 0.5) is 5.69 Å². The largest absolute Gasteiger partial charge is 0.356 e.